The molecule has 3 atom stereocenters. The number of carboxylic acids is 1. The molecule has 1 fully saturated rings. The van der Waals surface area contributed by atoms with Crippen molar-refractivity contribution in [1.82, 2.24) is 10.2 Å². The monoisotopic (exact) mass is 270 g/mol. The maximum atomic E-state index is 11.5. The molecule has 0 saturated carbocycles. The van der Waals surface area contributed by atoms with Gasteiger partial charge in [0.25, 0.3) is 0 Å². The van der Waals surface area contributed by atoms with Crippen LogP contribution in [0.5, 0.6) is 0 Å². The standard InChI is InChI=1S/C15H30N2O2/c1-6-16-15(5,14(18)19)9-12(4)17-8-7-13(10-17)11(2)3/h11-13,16H,6-10H2,1-5H3,(H,18,19). The molecule has 0 aromatic rings. The number of likely N-dealkylation sites (N-methyl/N-ethyl adjacent to an activating group) is 1. The molecule has 4 nitrogen and oxygen atoms in total. The van der Waals surface area contributed by atoms with Gasteiger partial charge in [-0.3, -0.25) is 4.79 Å². The first kappa shape index (κ1) is 16.4. The van der Waals surface area contributed by atoms with E-state index < -0.39 is 11.5 Å². The second kappa shape index (κ2) is 6.71. The van der Waals surface area contributed by atoms with Crippen LogP contribution in [0, 0.1) is 11.8 Å². The molecule has 3 unspecified atom stereocenters. The van der Waals surface area contributed by atoms with Crippen LogP contribution in [0.15, 0.2) is 0 Å². The molecule has 0 bridgehead atoms. The molecule has 1 heterocycles. The normalized spacial score (nSPS) is 25.5. The third kappa shape index (κ3) is 4.18. The van der Waals surface area contributed by atoms with Crippen LogP contribution in [0.25, 0.3) is 0 Å². The second-order valence-corrected chi connectivity index (χ2v) is 6.51. The minimum Gasteiger partial charge on any atom is -0.480 e. The van der Waals surface area contributed by atoms with Crippen molar-refractivity contribution in [2.24, 2.45) is 11.8 Å². The zero-order valence-corrected chi connectivity index (χ0v) is 13.1. The van der Waals surface area contributed by atoms with Gasteiger partial charge in [-0.1, -0.05) is 20.8 Å². The smallest absolute Gasteiger partial charge is 0.323 e. The summed E-state index contributed by atoms with van der Waals surface area (Å²) in [4.78, 5) is 13.9. The van der Waals surface area contributed by atoms with Gasteiger partial charge in [-0.2, -0.15) is 0 Å². The van der Waals surface area contributed by atoms with E-state index in [1.165, 1.54) is 6.42 Å². The zero-order chi connectivity index (χ0) is 14.6. The van der Waals surface area contributed by atoms with Crippen molar-refractivity contribution in [1.29, 1.82) is 0 Å². The van der Waals surface area contributed by atoms with Gasteiger partial charge in [0.15, 0.2) is 0 Å². The number of aliphatic carboxylic acids is 1. The van der Waals surface area contributed by atoms with Crippen LogP contribution in [0.4, 0.5) is 0 Å². The Balaban J connectivity index is 2.59. The van der Waals surface area contributed by atoms with Gasteiger partial charge in [0, 0.05) is 12.6 Å². The Morgan fingerprint density at radius 3 is 2.53 bits per heavy atom. The van der Waals surface area contributed by atoms with E-state index in [1.807, 2.05) is 6.92 Å². The Morgan fingerprint density at radius 1 is 1.47 bits per heavy atom. The van der Waals surface area contributed by atoms with Crippen molar-refractivity contribution >= 4 is 5.97 Å². The number of hydrogen-bond acceptors (Lipinski definition) is 3. The van der Waals surface area contributed by atoms with Gasteiger partial charge in [0.1, 0.15) is 5.54 Å². The molecule has 0 aromatic carbocycles. The number of rotatable bonds is 7. The molecule has 1 aliphatic heterocycles. The summed E-state index contributed by atoms with van der Waals surface area (Å²) < 4.78 is 0. The van der Waals surface area contributed by atoms with Crippen LogP contribution < -0.4 is 5.32 Å². The van der Waals surface area contributed by atoms with Crippen LogP contribution >= 0.6 is 0 Å². The summed E-state index contributed by atoms with van der Waals surface area (Å²) in [6, 6.07) is 0.309. The minimum absolute atomic E-state index is 0.309. The van der Waals surface area contributed by atoms with E-state index in [2.05, 4.69) is 31.0 Å². The van der Waals surface area contributed by atoms with Crippen LogP contribution in [0.3, 0.4) is 0 Å². The van der Waals surface area contributed by atoms with E-state index in [4.69, 9.17) is 0 Å². The van der Waals surface area contributed by atoms with Gasteiger partial charge in [-0.25, -0.2) is 0 Å². The third-order valence-corrected chi connectivity index (χ3v) is 4.56. The number of likely N-dealkylation sites (tertiary alicyclic amines) is 1. The van der Waals surface area contributed by atoms with Gasteiger partial charge in [0.05, 0.1) is 0 Å². The number of nitrogens with one attached hydrogen (secondary N) is 1. The summed E-state index contributed by atoms with van der Waals surface area (Å²) >= 11 is 0. The molecule has 19 heavy (non-hydrogen) atoms. The van der Waals surface area contributed by atoms with Gasteiger partial charge in [-0.15, -0.1) is 0 Å². The SMILES string of the molecule is CCNC(C)(CC(C)N1CCC(C(C)C)C1)C(=O)O. The highest BCUT2D eigenvalue weighted by Gasteiger charge is 2.37. The highest BCUT2D eigenvalue weighted by molar-refractivity contribution is 5.78. The lowest BCUT2D eigenvalue weighted by Crippen LogP contribution is -2.53. The van der Waals surface area contributed by atoms with E-state index in [-0.39, 0.29) is 0 Å². The lowest BCUT2D eigenvalue weighted by Gasteiger charge is -2.33. The summed E-state index contributed by atoms with van der Waals surface area (Å²) in [5, 5.41) is 12.5. The zero-order valence-electron chi connectivity index (χ0n) is 13.1. The summed E-state index contributed by atoms with van der Waals surface area (Å²) in [5.41, 5.74) is -0.815. The molecular weight excluding hydrogens is 240 g/mol. The molecule has 0 aliphatic carbocycles. The molecule has 1 aliphatic rings. The van der Waals surface area contributed by atoms with Crippen LogP contribution in [0.2, 0.25) is 0 Å². The van der Waals surface area contributed by atoms with E-state index in [0.29, 0.717) is 19.0 Å². The summed E-state index contributed by atoms with van der Waals surface area (Å²) in [6.45, 7) is 13.4. The van der Waals surface area contributed by atoms with Crippen molar-refractivity contribution in [3.05, 3.63) is 0 Å². The number of hydrogen-bond donors (Lipinski definition) is 2. The maximum absolute atomic E-state index is 11.5. The highest BCUT2D eigenvalue weighted by atomic mass is 16.4. The Kier molecular flexibility index (Phi) is 5.81. The van der Waals surface area contributed by atoms with Crippen LogP contribution in [0.1, 0.15) is 47.5 Å². The lowest BCUT2D eigenvalue weighted by molar-refractivity contribution is -0.145. The predicted octanol–water partition coefficient (Wildman–Crippen LogP) is 2.20. The average Bonchev–Trinajstić information content (AvgIpc) is 2.78. The van der Waals surface area contributed by atoms with Crippen LogP contribution in [-0.4, -0.2) is 47.2 Å². The Bertz CT molecular complexity index is 307. The van der Waals surface area contributed by atoms with Gasteiger partial charge < -0.3 is 15.3 Å². The molecule has 4 heteroatoms. The molecule has 112 valence electrons. The largest absolute Gasteiger partial charge is 0.480 e. The van der Waals surface area contributed by atoms with Crippen molar-refractivity contribution in [3.8, 4) is 0 Å². The minimum atomic E-state index is -0.815. The fourth-order valence-electron chi connectivity index (χ4n) is 3.11. The van der Waals surface area contributed by atoms with E-state index in [9.17, 15) is 9.90 Å². The first-order chi connectivity index (χ1) is 8.80. The fourth-order valence-corrected chi connectivity index (χ4v) is 3.11. The van der Waals surface area contributed by atoms with Crippen molar-refractivity contribution < 1.29 is 9.90 Å². The van der Waals surface area contributed by atoms with Crippen molar-refractivity contribution in [2.45, 2.75) is 59.0 Å². The van der Waals surface area contributed by atoms with Gasteiger partial charge in [-0.05, 0) is 51.6 Å². The second-order valence-electron chi connectivity index (χ2n) is 6.51. The van der Waals surface area contributed by atoms with Crippen LogP contribution in [-0.2, 0) is 4.79 Å². The molecule has 1 saturated heterocycles. The Hall–Kier alpha value is -0.610. The van der Waals surface area contributed by atoms with Crippen molar-refractivity contribution in [2.75, 3.05) is 19.6 Å². The summed E-state index contributed by atoms with van der Waals surface area (Å²) in [5.74, 6) is 0.732. The molecule has 1 rings (SSSR count). The first-order valence-corrected chi connectivity index (χ1v) is 7.52. The Morgan fingerprint density at radius 2 is 2.11 bits per heavy atom. The number of carboxylic acid groups (broad SMARTS) is 1. The maximum Gasteiger partial charge on any atom is 0.323 e. The van der Waals surface area contributed by atoms with E-state index in [1.54, 1.807) is 6.92 Å². The Labute approximate surface area is 117 Å². The van der Waals surface area contributed by atoms with Gasteiger partial charge in [0.2, 0.25) is 0 Å². The highest BCUT2D eigenvalue weighted by Crippen LogP contribution is 2.27. The summed E-state index contributed by atoms with van der Waals surface area (Å²) in [7, 11) is 0. The van der Waals surface area contributed by atoms with E-state index in [0.717, 1.165) is 24.9 Å². The third-order valence-electron chi connectivity index (χ3n) is 4.56. The van der Waals surface area contributed by atoms with Crippen molar-refractivity contribution in [3.63, 3.8) is 0 Å². The quantitative estimate of drug-likeness (QED) is 0.744. The van der Waals surface area contributed by atoms with E-state index >= 15 is 0 Å². The fraction of sp³-hybridized carbons (Fsp3) is 0.933. The number of carbonyl (C=O) groups is 1. The molecule has 0 radical (unpaired) electrons. The number of nitrogens with zero attached hydrogens (tertiary/aromatic N) is 1. The lowest BCUT2D eigenvalue weighted by atomic mass is 9.92. The molecule has 0 aromatic heterocycles. The molecule has 2 N–H and O–H groups in total. The average molecular weight is 270 g/mol. The molecular formula is C15H30N2O2. The predicted molar refractivity (Wildman–Crippen MR) is 78.3 cm³/mol. The summed E-state index contributed by atoms with van der Waals surface area (Å²) in [6.07, 6.45) is 1.90. The van der Waals surface area contributed by atoms with Gasteiger partial charge >= 0.3 is 5.97 Å². The first-order valence-electron chi connectivity index (χ1n) is 7.52. The molecule has 0 amide bonds. The topological polar surface area (TPSA) is 52.6 Å². The molecule has 0 spiro atoms.